The van der Waals surface area contributed by atoms with E-state index < -0.39 is 73.0 Å². The van der Waals surface area contributed by atoms with Gasteiger partial charge in [0.25, 0.3) is 0 Å². The Bertz CT molecular complexity index is 3760. The first-order chi connectivity index (χ1) is 50.5. The molecule has 10 atom stereocenters. The Balaban J connectivity index is 0.978. The molecule has 0 saturated carbocycles. The maximum absolute atomic E-state index is 15.9. The molecule has 2 heterocycles. The summed E-state index contributed by atoms with van der Waals surface area (Å²) in [5, 5.41) is 0. The first-order valence-electron chi connectivity index (χ1n) is 35.3. The van der Waals surface area contributed by atoms with Crippen molar-refractivity contribution in [2.24, 2.45) is 0 Å². The molecule has 10 aromatic carbocycles. The first kappa shape index (κ1) is 72.0. The number of piperidine rings is 2. The molecule has 2 fully saturated rings. The van der Waals surface area contributed by atoms with Gasteiger partial charge in [-0.2, -0.15) is 0 Å². The van der Waals surface area contributed by atoms with Crippen LogP contribution in [0.5, 0.6) is 0 Å². The molecule has 2 saturated heterocycles. The quantitative estimate of drug-likeness (QED) is 0.0356. The van der Waals surface area contributed by atoms with Crippen LogP contribution in [-0.4, -0.2) is 96.0 Å². The lowest BCUT2D eigenvalue weighted by Gasteiger charge is -2.52. The van der Waals surface area contributed by atoms with E-state index >= 15 is 9.59 Å². The van der Waals surface area contributed by atoms with Gasteiger partial charge in [0.2, 0.25) is 0 Å². The summed E-state index contributed by atoms with van der Waals surface area (Å²) in [5.41, 5.74) is 9.20. The van der Waals surface area contributed by atoms with Crippen LogP contribution in [0.1, 0.15) is 68.5 Å². The summed E-state index contributed by atoms with van der Waals surface area (Å²) >= 11 is 0. The third kappa shape index (κ3) is 20.9. The van der Waals surface area contributed by atoms with Gasteiger partial charge in [-0.15, -0.1) is 0 Å². The van der Waals surface area contributed by atoms with Crippen LogP contribution in [0.4, 0.5) is 9.59 Å². The number of hydrogen-bond acceptors (Lipinski definition) is 12. The number of amides is 2. The van der Waals surface area contributed by atoms with Gasteiger partial charge in [-0.1, -0.05) is 315 Å². The standard InChI is InChI=1S/C88H90N2O12/c91-87(101-63-75-49-27-9-28-50-75)89-77(81(95-57-69-37-15-3-16-38-69)85(99-61-73-45-23-7-24-46-73)83(97-59-71-41-19-5-20-42-71)79(89)65-93-55-67-33-11-1-12-34-67)53-31-32-54-78-82(96-58-70-39-17-4-18-40-70)86(100-62-74-47-25-8-26-48-74)84(98-60-72-43-21-6-22-44-72)80(66-94-56-68-35-13-2-14-36-68)90(78)88(92)102-64-76-51-29-10-30-52-76/h1-52,77-86H,53-66H2/b32-31+/t77-,78-,79-,80-,81+,82+,83-,84-,85-,86-/m1/s1. The monoisotopic (exact) mass is 1370 g/mol. The van der Waals surface area contributed by atoms with Gasteiger partial charge >= 0.3 is 12.2 Å². The van der Waals surface area contributed by atoms with Crippen LogP contribution in [0, 0.1) is 0 Å². The van der Waals surface area contributed by atoms with Crippen LogP contribution in [0.2, 0.25) is 0 Å². The molecule has 14 nitrogen and oxygen atoms in total. The molecule has 0 aliphatic carbocycles. The van der Waals surface area contributed by atoms with E-state index in [1.807, 2.05) is 303 Å². The fourth-order valence-electron chi connectivity index (χ4n) is 13.4. The van der Waals surface area contributed by atoms with Crippen LogP contribution >= 0.6 is 0 Å². The summed E-state index contributed by atoms with van der Waals surface area (Å²) in [6.45, 7) is 1.77. The number of nitrogens with zero attached hydrogens (tertiary/aromatic N) is 2. The lowest BCUT2D eigenvalue weighted by molar-refractivity contribution is -0.223. The van der Waals surface area contributed by atoms with E-state index in [4.69, 9.17) is 47.4 Å². The van der Waals surface area contributed by atoms with E-state index in [0.717, 1.165) is 55.6 Å². The van der Waals surface area contributed by atoms with Crippen LogP contribution in [-0.2, 0) is 113 Å². The van der Waals surface area contributed by atoms with Gasteiger partial charge < -0.3 is 47.4 Å². The minimum Gasteiger partial charge on any atom is -0.445 e. The predicted octanol–water partition coefficient (Wildman–Crippen LogP) is 17.0. The highest BCUT2D eigenvalue weighted by Crippen LogP contribution is 2.39. The second-order valence-corrected chi connectivity index (χ2v) is 25.7. The molecule has 524 valence electrons. The predicted molar refractivity (Wildman–Crippen MR) is 393 cm³/mol. The fraction of sp³-hybridized carbons (Fsp3) is 0.273. The summed E-state index contributed by atoms with van der Waals surface area (Å²) < 4.78 is 70.4. The van der Waals surface area contributed by atoms with Crippen molar-refractivity contribution >= 4 is 12.2 Å². The summed E-state index contributed by atoms with van der Waals surface area (Å²) in [7, 11) is 0. The normalized spacial score (nSPS) is 20.4. The Morgan fingerprint density at radius 1 is 0.235 bits per heavy atom. The summed E-state index contributed by atoms with van der Waals surface area (Å²) in [4.78, 5) is 35.4. The van der Waals surface area contributed by atoms with Gasteiger partial charge in [-0.3, -0.25) is 9.80 Å². The van der Waals surface area contributed by atoms with Crippen molar-refractivity contribution in [3.8, 4) is 0 Å². The number of ether oxygens (including phenoxy) is 10. The number of hydrogen-bond donors (Lipinski definition) is 0. The van der Waals surface area contributed by atoms with Crippen molar-refractivity contribution in [1.29, 1.82) is 0 Å². The van der Waals surface area contributed by atoms with Crippen molar-refractivity contribution < 1.29 is 57.0 Å². The van der Waals surface area contributed by atoms with E-state index in [-0.39, 0.29) is 92.1 Å². The van der Waals surface area contributed by atoms with Gasteiger partial charge in [0, 0.05) is 0 Å². The van der Waals surface area contributed by atoms with Crippen molar-refractivity contribution in [2.75, 3.05) is 13.2 Å². The molecule has 0 aromatic heterocycles. The maximum atomic E-state index is 15.9. The summed E-state index contributed by atoms with van der Waals surface area (Å²) in [6, 6.07) is 96.2. The van der Waals surface area contributed by atoms with Gasteiger partial charge in [-0.05, 0) is 68.5 Å². The number of carbonyl (C=O) groups is 2. The second-order valence-electron chi connectivity index (χ2n) is 25.7. The van der Waals surface area contributed by atoms with Crippen LogP contribution in [0.3, 0.4) is 0 Å². The van der Waals surface area contributed by atoms with Gasteiger partial charge in [0.15, 0.2) is 0 Å². The lowest BCUT2D eigenvalue weighted by atomic mass is 9.84. The molecule has 0 unspecified atom stereocenters. The molecular weight excluding hydrogens is 1280 g/mol. The molecule has 0 radical (unpaired) electrons. The third-order valence-electron chi connectivity index (χ3n) is 18.5. The molecule has 0 bridgehead atoms. The molecule has 0 spiro atoms. The van der Waals surface area contributed by atoms with E-state index in [1.54, 1.807) is 9.80 Å². The third-order valence-corrected chi connectivity index (χ3v) is 18.5. The van der Waals surface area contributed by atoms with Crippen molar-refractivity contribution in [3.05, 3.63) is 371 Å². The Hall–Kier alpha value is -9.84. The first-order valence-corrected chi connectivity index (χ1v) is 35.3. The van der Waals surface area contributed by atoms with Gasteiger partial charge in [0.05, 0.1) is 90.2 Å². The smallest absolute Gasteiger partial charge is 0.410 e. The van der Waals surface area contributed by atoms with Gasteiger partial charge in [-0.25, -0.2) is 9.59 Å². The van der Waals surface area contributed by atoms with E-state index in [1.165, 1.54) is 0 Å². The van der Waals surface area contributed by atoms with Crippen LogP contribution in [0.15, 0.2) is 315 Å². The van der Waals surface area contributed by atoms with Crippen molar-refractivity contribution in [1.82, 2.24) is 9.80 Å². The molecule has 14 heteroatoms. The molecule has 2 aliphatic heterocycles. The average Bonchev–Trinajstić information content (AvgIpc) is 0.763. The zero-order valence-corrected chi connectivity index (χ0v) is 57.5. The number of benzene rings is 10. The molecule has 2 amide bonds. The molecule has 0 N–H and O–H groups in total. The Morgan fingerprint density at radius 2 is 0.422 bits per heavy atom. The fourth-order valence-corrected chi connectivity index (χ4v) is 13.4. The van der Waals surface area contributed by atoms with E-state index in [2.05, 4.69) is 12.2 Å². The number of likely N-dealkylation sites (tertiary alicyclic amines) is 2. The lowest BCUT2D eigenvalue weighted by Crippen LogP contribution is -2.70. The summed E-state index contributed by atoms with van der Waals surface area (Å²) in [6.07, 6.45) is -1.54. The van der Waals surface area contributed by atoms with Crippen molar-refractivity contribution in [2.45, 2.75) is 140 Å². The topological polar surface area (TPSA) is 133 Å². The van der Waals surface area contributed by atoms with E-state index in [0.29, 0.717) is 0 Å². The molecule has 12 rings (SSSR count). The molecular formula is C88H90N2O12. The highest BCUT2D eigenvalue weighted by Gasteiger charge is 2.55. The Kier molecular flexibility index (Phi) is 27.4. The van der Waals surface area contributed by atoms with Crippen molar-refractivity contribution in [3.63, 3.8) is 0 Å². The molecule has 2 aliphatic rings. The Morgan fingerprint density at radius 3 is 0.647 bits per heavy atom. The Labute approximate surface area is 599 Å². The van der Waals surface area contributed by atoms with Crippen LogP contribution in [0.25, 0.3) is 0 Å². The average molecular weight is 1370 g/mol. The highest BCUT2D eigenvalue weighted by atomic mass is 16.6. The largest absolute Gasteiger partial charge is 0.445 e. The minimum atomic E-state index is -0.848. The zero-order valence-electron chi connectivity index (χ0n) is 57.5. The SMILES string of the molecule is O=C(OCc1ccccc1)N1[C@H](C/C=C/C[C@@H]2[C@H](OCc3ccccc3)[C@@H](OCc3ccccc3)[C@H](OCc3ccccc3)[C@@H](COCc3ccccc3)N2C(=O)OCc2ccccc2)[C@H](OCc2ccccc2)[C@@H](OCc2ccccc2)[C@H](OCc2ccccc2)[C@H]1COCc1ccccc1. The zero-order chi connectivity index (χ0) is 69.6. The molecule has 10 aromatic rings. The van der Waals surface area contributed by atoms with Gasteiger partial charge in [0.1, 0.15) is 49.8 Å². The number of carbonyl (C=O) groups excluding carboxylic acids is 2. The summed E-state index contributed by atoms with van der Waals surface area (Å²) in [5.74, 6) is 0. The highest BCUT2D eigenvalue weighted by molar-refractivity contribution is 5.70. The van der Waals surface area contributed by atoms with E-state index in [9.17, 15) is 0 Å². The second kappa shape index (κ2) is 38.8. The number of rotatable bonds is 34. The maximum Gasteiger partial charge on any atom is 0.410 e. The minimum absolute atomic E-state index is 0.00259. The molecule has 102 heavy (non-hydrogen) atoms. The van der Waals surface area contributed by atoms with Crippen LogP contribution < -0.4 is 0 Å².